The van der Waals surface area contributed by atoms with E-state index < -0.39 is 0 Å². The molecule has 7 heteroatoms. The van der Waals surface area contributed by atoms with Gasteiger partial charge in [0, 0.05) is 17.4 Å². The molecule has 2 aromatic carbocycles. The Morgan fingerprint density at radius 2 is 1.74 bits per heavy atom. The smallest absolute Gasteiger partial charge is 0.335 e. The van der Waals surface area contributed by atoms with Crippen molar-refractivity contribution in [2.75, 3.05) is 16.9 Å². The molecule has 6 nitrogen and oxygen atoms in total. The zero-order valence-corrected chi connectivity index (χ0v) is 15.6. The van der Waals surface area contributed by atoms with Crippen LogP contribution < -0.4 is 14.5 Å². The number of nitrogens with zero attached hydrogens (tertiary/aromatic N) is 4. The van der Waals surface area contributed by atoms with Gasteiger partial charge in [0.2, 0.25) is 5.28 Å². The predicted molar refractivity (Wildman–Crippen MR) is 105 cm³/mol. The number of carbonyl (C=O) groups is 1. The maximum absolute atomic E-state index is 13.5. The van der Waals surface area contributed by atoms with Gasteiger partial charge in [-0.05, 0) is 54.9 Å². The van der Waals surface area contributed by atoms with Gasteiger partial charge in [-0.25, -0.2) is 14.7 Å². The highest BCUT2D eigenvalue weighted by molar-refractivity contribution is 6.28. The summed E-state index contributed by atoms with van der Waals surface area (Å²) in [6, 6.07) is 16.3. The molecule has 0 radical (unpaired) electrons. The Hall–Kier alpha value is -3.12. The minimum Gasteiger partial charge on any atom is -0.497 e. The van der Waals surface area contributed by atoms with Gasteiger partial charge < -0.3 is 4.74 Å². The molecule has 0 saturated heterocycles. The number of aromatic nitrogens is 2. The number of amides is 2. The number of hydrogen-bond acceptors (Lipinski definition) is 4. The standard InChI is InChI=1S/C20H17ClN4O2/c1-13-17-12-22-19(21)23-18(17)25(14-6-4-3-5-7-14)20(26)24(13)15-8-10-16(27-2)11-9-15/h3-13H,1-2H3. The Bertz CT molecular complexity index is 979. The van der Waals surface area contributed by atoms with Gasteiger partial charge in [0.15, 0.2) is 5.82 Å². The van der Waals surface area contributed by atoms with Gasteiger partial charge in [-0.1, -0.05) is 18.2 Å². The van der Waals surface area contributed by atoms with E-state index in [1.165, 1.54) is 0 Å². The van der Waals surface area contributed by atoms with Crippen molar-refractivity contribution in [1.29, 1.82) is 0 Å². The molecule has 2 amide bonds. The van der Waals surface area contributed by atoms with Crippen LogP contribution in [0.5, 0.6) is 5.75 Å². The third-order valence-corrected chi connectivity index (χ3v) is 4.76. The molecule has 1 atom stereocenters. The lowest BCUT2D eigenvalue weighted by atomic mass is 10.0. The maximum Gasteiger partial charge on any atom is 0.335 e. The van der Waals surface area contributed by atoms with Gasteiger partial charge in [-0.3, -0.25) is 4.90 Å². The number of ether oxygens (including phenoxy) is 1. The van der Waals surface area contributed by atoms with Gasteiger partial charge in [0.05, 0.1) is 18.8 Å². The molecule has 27 heavy (non-hydrogen) atoms. The first-order valence-corrected chi connectivity index (χ1v) is 8.83. The monoisotopic (exact) mass is 380 g/mol. The fourth-order valence-electron chi connectivity index (χ4n) is 3.22. The van der Waals surface area contributed by atoms with Crippen LogP contribution in [0.15, 0.2) is 60.8 Å². The highest BCUT2D eigenvalue weighted by atomic mass is 35.5. The van der Waals surface area contributed by atoms with E-state index in [1.807, 2.05) is 61.5 Å². The van der Waals surface area contributed by atoms with Crippen LogP contribution in [0.2, 0.25) is 5.28 Å². The molecule has 0 N–H and O–H groups in total. The minimum absolute atomic E-state index is 0.104. The summed E-state index contributed by atoms with van der Waals surface area (Å²) in [6.45, 7) is 1.95. The Morgan fingerprint density at radius 3 is 2.41 bits per heavy atom. The zero-order valence-electron chi connectivity index (χ0n) is 14.8. The first-order chi connectivity index (χ1) is 13.1. The number of carbonyl (C=O) groups excluding carboxylic acids is 1. The normalized spacial score (nSPS) is 16.3. The fourth-order valence-corrected chi connectivity index (χ4v) is 3.35. The average molecular weight is 381 g/mol. The highest BCUT2D eigenvalue weighted by Crippen LogP contribution is 2.41. The van der Waals surface area contributed by atoms with Crippen molar-refractivity contribution in [2.45, 2.75) is 13.0 Å². The largest absolute Gasteiger partial charge is 0.497 e. The molecular formula is C20H17ClN4O2. The Labute approximate surface area is 162 Å². The number of rotatable bonds is 3. The van der Waals surface area contributed by atoms with Crippen LogP contribution in [0.3, 0.4) is 0 Å². The van der Waals surface area contributed by atoms with Crippen molar-refractivity contribution >= 4 is 34.8 Å². The Balaban J connectivity index is 1.87. The molecule has 2 heterocycles. The van der Waals surface area contributed by atoms with Crippen molar-refractivity contribution in [3.8, 4) is 5.75 Å². The summed E-state index contributed by atoms with van der Waals surface area (Å²) in [5.41, 5.74) is 2.29. The summed E-state index contributed by atoms with van der Waals surface area (Å²) >= 11 is 6.02. The van der Waals surface area contributed by atoms with Crippen molar-refractivity contribution < 1.29 is 9.53 Å². The maximum atomic E-state index is 13.5. The number of urea groups is 1. The van der Waals surface area contributed by atoms with E-state index in [4.69, 9.17) is 16.3 Å². The topological polar surface area (TPSA) is 58.6 Å². The van der Waals surface area contributed by atoms with Crippen LogP contribution in [0.1, 0.15) is 18.5 Å². The third-order valence-electron chi connectivity index (χ3n) is 4.58. The molecule has 1 aliphatic heterocycles. The SMILES string of the molecule is COc1ccc(N2C(=O)N(c3ccccc3)c3nc(Cl)ncc3C2C)cc1. The minimum atomic E-state index is -0.252. The van der Waals surface area contributed by atoms with E-state index in [-0.39, 0.29) is 17.4 Å². The zero-order chi connectivity index (χ0) is 19.0. The van der Waals surface area contributed by atoms with Gasteiger partial charge >= 0.3 is 6.03 Å². The molecular weight excluding hydrogens is 364 g/mol. The van der Waals surface area contributed by atoms with E-state index in [0.717, 1.165) is 17.0 Å². The summed E-state index contributed by atoms with van der Waals surface area (Å²) in [6.07, 6.45) is 1.67. The highest BCUT2D eigenvalue weighted by Gasteiger charge is 2.38. The van der Waals surface area contributed by atoms with E-state index in [1.54, 1.807) is 23.1 Å². The van der Waals surface area contributed by atoms with Crippen LogP contribution in [-0.2, 0) is 0 Å². The fraction of sp³-hybridized carbons (Fsp3) is 0.150. The second-order valence-corrected chi connectivity index (χ2v) is 6.45. The number of halogens is 1. The van der Waals surface area contributed by atoms with Gasteiger partial charge in [0.1, 0.15) is 5.75 Å². The molecule has 0 spiro atoms. The van der Waals surface area contributed by atoms with Gasteiger partial charge in [-0.15, -0.1) is 0 Å². The second-order valence-electron chi connectivity index (χ2n) is 6.12. The number of methoxy groups -OCH3 is 1. The molecule has 1 aliphatic rings. The second kappa shape index (κ2) is 6.89. The lowest BCUT2D eigenvalue weighted by molar-refractivity contribution is 0.250. The Kier molecular flexibility index (Phi) is 4.41. The third kappa shape index (κ3) is 2.98. The number of benzene rings is 2. The number of para-hydroxylation sites is 1. The molecule has 0 aliphatic carbocycles. The molecule has 4 rings (SSSR count). The molecule has 3 aromatic rings. The van der Waals surface area contributed by atoms with Crippen LogP contribution in [0.25, 0.3) is 0 Å². The molecule has 0 bridgehead atoms. The summed E-state index contributed by atoms with van der Waals surface area (Å²) in [5.74, 6) is 1.23. The van der Waals surface area contributed by atoms with Crippen molar-refractivity contribution in [2.24, 2.45) is 0 Å². The summed E-state index contributed by atoms with van der Waals surface area (Å²) < 4.78 is 5.22. The summed E-state index contributed by atoms with van der Waals surface area (Å²) in [5, 5.41) is 0.104. The lowest BCUT2D eigenvalue weighted by Crippen LogP contribution is -2.47. The molecule has 0 saturated carbocycles. The molecule has 0 fully saturated rings. The van der Waals surface area contributed by atoms with E-state index in [0.29, 0.717) is 11.5 Å². The van der Waals surface area contributed by atoms with Crippen molar-refractivity contribution in [1.82, 2.24) is 9.97 Å². The van der Waals surface area contributed by atoms with Crippen LogP contribution in [0.4, 0.5) is 22.0 Å². The molecule has 1 unspecified atom stereocenters. The van der Waals surface area contributed by atoms with Gasteiger partial charge in [-0.2, -0.15) is 4.98 Å². The summed E-state index contributed by atoms with van der Waals surface area (Å²) in [4.78, 5) is 25.2. The number of anilines is 3. The van der Waals surface area contributed by atoms with Crippen LogP contribution >= 0.6 is 11.6 Å². The lowest BCUT2D eigenvalue weighted by Gasteiger charge is -2.40. The number of fused-ring (bicyclic) bond motifs is 1. The van der Waals surface area contributed by atoms with E-state index >= 15 is 0 Å². The van der Waals surface area contributed by atoms with E-state index in [9.17, 15) is 4.79 Å². The van der Waals surface area contributed by atoms with E-state index in [2.05, 4.69) is 9.97 Å². The quantitative estimate of drug-likeness (QED) is 0.601. The Morgan fingerprint density at radius 1 is 1.04 bits per heavy atom. The number of hydrogen-bond donors (Lipinski definition) is 0. The first kappa shape index (κ1) is 17.3. The van der Waals surface area contributed by atoms with Gasteiger partial charge in [0.25, 0.3) is 0 Å². The van der Waals surface area contributed by atoms with Crippen LogP contribution in [-0.4, -0.2) is 23.1 Å². The summed E-state index contributed by atoms with van der Waals surface area (Å²) in [7, 11) is 1.61. The average Bonchev–Trinajstić information content (AvgIpc) is 2.69. The first-order valence-electron chi connectivity index (χ1n) is 8.45. The van der Waals surface area contributed by atoms with Crippen molar-refractivity contribution in [3.63, 3.8) is 0 Å². The van der Waals surface area contributed by atoms with Crippen LogP contribution in [0, 0.1) is 0 Å². The molecule has 1 aromatic heterocycles. The van der Waals surface area contributed by atoms with Crippen molar-refractivity contribution in [3.05, 3.63) is 71.6 Å². The molecule has 136 valence electrons. The predicted octanol–water partition coefficient (Wildman–Crippen LogP) is 4.98.